The predicted molar refractivity (Wildman–Crippen MR) is 67.2 cm³/mol. The number of nitro benzene ring substituents is 1. The highest BCUT2D eigenvalue weighted by Crippen LogP contribution is 2.32. The van der Waals surface area contributed by atoms with Gasteiger partial charge in [0.1, 0.15) is 6.10 Å². The Morgan fingerprint density at radius 2 is 2.00 bits per heavy atom. The van der Waals surface area contributed by atoms with Crippen molar-refractivity contribution in [2.45, 2.75) is 32.5 Å². The van der Waals surface area contributed by atoms with Crippen LogP contribution in [-0.4, -0.2) is 27.8 Å². The van der Waals surface area contributed by atoms with Crippen LogP contribution in [0.1, 0.15) is 29.2 Å². The number of rotatable bonds is 5. The third kappa shape index (κ3) is 3.04. The summed E-state index contributed by atoms with van der Waals surface area (Å²) in [6.45, 7) is 3.62. The molecule has 0 aliphatic heterocycles. The highest BCUT2D eigenvalue weighted by molar-refractivity contribution is 5.49. The molecular formula is C12H18N2O4. The second-order valence-electron chi connectivity index (χ2n) is 4.36. The van der Waals surface area contributed by atoms with Gasteiger partial charge in [0.05, 0.1) is 16.6 Å². The third-order valence-corrected chi connectivity index (χ3v) is 2.83. The number of aliphatic hydroxyl groups is 2. The van der Waals surface area contributed by atoms with E-state index in [0.29, 0.717) is 5.56 Å². The van der Waals surface area contributed by atoms with E-state index in [9.17, 15) is 20.3 Å². The molecule has 0 spiro atoms. The average Bonchev–Trinajstić information content (AvgIpc) is 2.27. The Morgan fingerprint density at radius 1 is 1.39 bits per heavy atom. The minimum Gasteiger partial charge on any atom is -0.390 e. The van der Waals surface area contributed by atoms with Gasteiger partial charge < -0.3 is 15.9 Å². The fourth-order valence-electron chi connectivity index (χ4n) is 2.01. The highest BCUT2D eigenvalue weighted by Gasteiger charge is 2.28. The highest BCUT2D eigenvalue weighted by atomic mass is 16.6. The molecule has 6 nitrogen and oxygen atoms in total. The van der Waals surface area contributed by atoms with Crippen molar-refractivity contribution in [3.05, 3.63) is 38.9 Å². The van der Waals surface area contributed by atoms with Crippen LogP contribution in [0.15, 0.2) is 12.1 Å². The zero-order valence-corrected chi connectivity index (χ0v) is 10.5. The first kappa shape index (κ1) is 14.6. The van der Waals surface area contributed by atoms with Gasteiger partial charge in [0.15, 0.2) is 0 Å². The summed E-state index contributed by atoms with van der Waals surface area (Å²) < 4.78 is 0. The molecule has 2 unspecified atom stereocenters. The first-order valence-corrected chi connectivity index (χ1v) is 5.70. The van der Waals surface area contributed by atoms with E-state index in [1.807, 2.05) is 0 Å². The van der Waals surface area contributed by atoms with Gasteiger partial charge in [0.25, 0.3) is 5.69 Å². The minimum absolute atomic E-state index is 0.159. The number of aryl methyl sites for hydroxylation is 2. The lowest BCUT2D eigenvalue weighted by Crippen LogP contribution is -2.23. The fourth-order valence-corrected chi connectivity index (χ4v) is 2.01. The Kier molecular flexibility index (Phi) is 4.77. The molecule has 6 heteroatoms. The topological polar surface area (TPSA) is 110 Å². The van der Waals surface area contributed by atoms with Crippen molar-refractivity contribution >= 4 is 5.69 Å². The molecule has 0 amide bonds. The summed E-state index contributed by atoms with van der Waals surface area (Å²) in [7, 11) is 0. The van der Waals surface area contributed by atoms with Crippen LogP contribution in [-0.2, 0) is 0 Å². The van der Waals surface area contributed by atoms with Gasteiger partial charge in [-0.25, -0.2) is 0 Å². The number of nitrogens with zero attached hydrogens (tertiary/aromatic N) is 1. The Balaban J connectivity index is 3.25. The second-order valence-corrected chi connectivity index (χ2v) is 4.36. The molecule has 4 N–H and O–H groups in total. The summed E-state index contributed by atoms with van der Waals surface area (Å²) in [5, 5.41) is 30.7. The van der Waals surface area contributed by atoms with Crippen molar-refractivity contribution < 1.29 is 15.1 Å². The van der Waals surface area contributed by atoms with E-state index in [2.05, 4.69) is 0 Å². The van der Waals surface area contributed by atoms with Crippen LogP contribution in [0.25, 0.3) is 0 Å². The van der Waals surface area contributed by atoms with Gasteiger partial charge in [-0.05, 0) is 37.9 Å². The zero-order valence-electron chi connectivity index (χ0n) is 10.5. The van der Waals surface area contributed by atoms with Crippen LogP contribution < -0.4 is 5.73 Å². The van der Waals surface area contributed by atoms with Gasteiger partial charge in [-0.3, -0.25) is 10.1 Å². The first-order valence-electron chi connectivity index (χ1n) is 5.70. The molecule has 0 aliphatic carbocycles. The summed E-state index contributed by atoms with van der Waals surface area (Å²) >= 11 is 0. The van der Waals surface area contributed by atoms with Crippen molar-refractivity contribution in [2.24, 2.45) is 5.73 Å². The van der Waals surface area contributed by atoms with E-state index in [4.69, 9.17) is 5.73 Å². The average molecular weight is 254 g/mol. The van der Waals surface area contributed by atoms with Gasteiger partial charge in [0, 0.05) is 6.07 Å². The Labute approximate surface area is 105 Å². The number of hydrogen-bond donors (Lipinski definition) is 3. The summed E-state index contributed by atoms with van der Waals surface area (Å²) in [6, 6.07) is 3.13. The smallest absolute Gasteiger partial charge is 0.275 e. The molecule has 0 aromatic heterocycles. The van der Waals surface area contributed by atoms with Crippen LogP contribution in [0.3, 0.4) is 0 Å². The van der Waals surface area contributed by atoms with E-state index < -0.39 is 17.1 Å². The van der Waals surface area contributed by atoms with Gasteiger partial charge in [-0.15, -0.1) is 0 Å². The lowest BCUT2D eigenvalue weighted by Gasteiger charge is -2.19. The largest absolute Gasteiger partial charge is 0.390 e. The molecule has 0 saturated heterocycles. The molecule has 1 aromatic carbocycles. The van der Waals surface area contributed by atoms with E-state index in [1.54, 1.807) is 19.9 Å². The van der Waals surface area contributed by atoms with E-state index in [-0.39, 0.29) is 24.2 Å². The van der Waals surface area contributed by atoms with Crippen molar-refractivity contribution in [3.63, 3.8) is 0 Å². The number of aliphatic hydroxyl groups excluding tert-OH is 2. The lowest BCUT2D eigenvalue weighted by atomic mass is 9.94. The van der Waals surface area contributed by atoms with E-state index >= 15 is 0 Å². The maximum atomic E-state index is 11.0. The number of benzene rings is 1. The molecular weight excluding hydrogens is 236 g/mol. The standard InChI is InChI=1S/C12H18N2O4/c1-7-5-8(2)11(9(6-7)14(17)18)12(16)10(15)3-4-13/h5-6,10,12,15-16H,3-4,13H2,1-2H3. The summed E-state index contributed by atoms with van der Waals surface area (Å²) in [6.07, 6.45) is -2.21. The van der Waals surface area contributed by atoms with Gasteiger partial charge >= 0.3 is 0 Å². The van der Waals surface area contributed by atoms with Crippen LogP contribution in [0.5, 0.6) is 0 Å². The number of hydrogen-bond acceptors (Lipinski definition) is 5. The second kappa shape index (κ2) is 5.90. The summed E-state index contributed by atoms with van der Waals surface area (Å²) in [4.78, 5) is 10.5. The molecule has 1 aromatic rings. The minimum atomic E-state index is -1.30. The van der Waals surface area contributed by atoms with Crippen molar-refractivity contribution in [2.75, 3.05) is 6.54 Å². The van der Waals surface area contributed by atoms with Gasteiger partial charge in [-0.1, -0.05) is 6.07 Å². The van der Waals surface area contributed by atoms with Crippen molar-refractivity contribution in [3.8, 4) is 0 Å². The van der Waals surface area contributed by atoms with Crippen LogP contribution >= 0.6 is 0 Å². The maximum Gasteiger partial charge on any atom is 0.275 e. The number of nitro groups is 1. The molecule has 2 atom stereocenters. The molecule has 1 rings (SSSR count). The molecule has 0 radical (unpaired) electrons. The molecule has 0 fully saturated rings. The SMILES string of the molecule is Cc1cc(C)c(C(O)C(O)CCN)c([N+](=O)[O-])c1. The fraction of sp³-hybridized carbons (Fsp3) is 0.500. The van der Waals surface area contributed by atoms with Crippen LogP contribution in [0, 0.1) is 24.0 Å². The molecule has 0 bridgehead atoms. The van der Waals surface area contributed by atoms with Crippen LogP contribution in [0.4, 0.5) is 5.69 Å². The zero-order chi connectivity index (χ0) is 13.9. The molecule has 18 heavy (non-hydrogen) atoms. The summed E-state index contributed by atoms with van der Waals surface area (Å²) in [5.74, 6) is 0. The van der Waals surface area contributed by atoms with Gasteiger partial charge in [-0.2, -0.15) is 0 Å². The van der Waals surface area contributed by atoms with Crippen molar-refractivity contribution in [1.29, 1.82) is 0 Å². The predicted octanol–water partition coefficient (Wildman–Crippen LogP) is 0.955. The molecule has 0 aliphatic rings. The first-order chi connectivity index (χ1) is 8.38. The maximum absolute atomic E-state index is 11.0. The number of nitrogens with two attached hydrogens (primary N) is 1. The summed E-state index contributed by atoms with van der Waals surface area (Å²) in [5.41, 5.74) is 6.62. The molecule has 0 heterocycles. The van der Waals surface area contributed by atoms with Crippen LogP contribution in [0.2, 0.25) is 0 Å². The quantitative estimate of drug-likeness (QED) is 0.535. The lowest BCUT2D eigenvalue weighted by molar-refractivity contribution is -0.386. The third-order valence-electron chi connectivity index (χ3n) is 2.83. The Morgan fingerprint density at radius 3 is 2.50 bits per heavy atom. The molecule has 0 saturated carbocycles. The van der Waals surface area contributed by atoms with E-state index in [1.165, 1.54) is 6.07 Å². The Bertz CT molecular complexity index is 448. The van der Waals surface area contributed by atoms with Crippen molar-refractivity contribution in [1.82, 2.24) is 0 Å². The normalized spacial score (nSPS) is 14.3. The molecule has 100 valence electrons. The Hall–Kier alpha value is -1.50. The van der Waals surface area contributed by atoms with Gasteiger partial charge in [0.2, 0.25) is 0 Å². The monoisotopic (exact) mass is 254 g/mol. The van der Waals surface area contributed by atoms with E-state index in [0.717, 1.165) is 5.56 Å².